The monoisotopic (exact) mass is 363 g/mol. The largest absolute Gasteiger partial charge is 0.480 e. The number of nitrogens with zero attached hydrogens (tertiary/aromatic N) is 3. The second kappa shape index (κ2) is 7.23. The maximum atomic E-state index is 12.5. The zero-order chi connectivity index (χ0) is 18.8. The molecule has 3 aromatic rings. The van der Waals surface area contributed by atoms with Crippen LogP contribution in [0, 0.1) is 0 Å². The van der Waals surface area contributed by atoms with E-state index in [0.717, 1.165) is 17.5 Å². The number of carboxylic acids is 1. The molecule has 1 aliphatic rings. The van der Waals surface area contributed by atoms with Crippen molar-refractivity contribution in [2.24, 2.45) is 0 Å². The van der Waals surface area contributed by atoms with Crippen LogP contribution < -0.4 is 0 Å². The van der Waals surface area contributed by atoms with Gasteiger partial charge in [0.05, 0.1) is 11.0 Å². The Labute approximate surface area is 157 Å². The number of aromatic nitrogens is 2. The summed E-state index contributed by atoms with van der Waals surface area (Å²) < 4.78 is 1.73. The molecule has 1 aromatic heterocycles. The molecule has 138 valence electrons. The quantitative estimate of drug-likeness (QED) is 0.731. The Morgan fingerprint density at radius 2 is 1.85 bits per heavy atom. The van der Waals surface area contributed by atoms with Gasteiger partial charge in [-0.25, -0.2) is 4.98 Å². The standard InChI is InChI=1S/C21H21N3O3/c25-19-12-16(13-23(19)11-10-15-6-2-1-3-7-15)21-22-17-8-4-5-9-18(17)24(21)14-20(26)27/h1-9,16H,10-14H2,(H,26,27)/t16-/m1/s1. The fourth-order valence-corrected chi connectivity index (χ4v) is 3.78. The summed E-state index contributed by atoms with van der Waals surface area (Å²) in [6, 6.07) is 17.6. The third kappa shape index (κ3) is 3.56. The Morgan fingerprint density at radius 3 is 2.63 bits per heavy atom. The lowest BCUT2D eigenvalue weighted by atomic mass is 10.1. The zero-order valence-electron chi connectivity index (χ0n) is 14.9. The fraction of sp³-hybridized carbons (Fsp3) is 0.286. The molecule has 0 saturated carbocycles. The first-order valence-electron chi connectivity index (χ1n) is 9.10. The minimum atomic E-state index is -0.912. The van der Waals surface area contributed by atoms with E-state index >= 15 is 0 Å². The number of para-hydroxylation sites is 2. The van der Waals surface area contributed by atoms with E-state index in [-0.39, 0.29) is 18.4 Å². The van der Waals surface area contributed by atoms with Crippen LogP contribution in [0.1, 0.15) is 23.7 Å². The topological polar surface area (TPSA) is 75.4 Å². The highest BCUT2D eigenvalue weighted by atomic mass is 16.4. The fourth-order valence-electron chi connectivity index (χ4n) is 3.78. The lowest BCUT2D eigenvalue weighted by molar-refractivity contribution is -0.137. The number of fused-ring (bicyclic) bond motifs is 1. The van der Waals surface area contributed by atoms with Gasteiger partial charge in [0.15, 0.2) is 0 Å². The Kier molecular flexibility index (Phi) is 4.62. The minimum absolute atomic E-state index is 0.0833. The van der Waals surface area contributed by atoms with Crippen LogP contribution in [0.5, 0.6) is 0 Å². The first-order valence-corrected chi connectivity index (χ1v) is 9.10. The number of likely N-dealkylation sites (tertiary alicyclic amines) is 1. The first-order chi connectivity index (χ1) is 13.1. The van der Waals surface area contributed by atoms with Crippen LogP contribution in [-0.2, 0) is 22.6 Å². The van der Waals surface area contributed by atoms with E-state index < -0.39 is 5.97 Å². The molecule has 0 aliphatic carbocycles. The normalized spacial score (nSPS) is 17.0. The first kappa shape index (κ1) is 17.3. The Balaban J connectivity index is 1.55. The van der Waals surface area contributed by atoms with E-state index in [2.05, 4.69) is 17.1 Å². The predicted octanol–water partition coefficient (Wildman–Crippen LogP) is 2.68. The average Bonchev–Trinajstić information content (AvgIpc) is 3.21. The molecular formula is C21H21N3O3. The highest BCUT2D eigenvalue weighted by molar-refractivity contribution is 5.81. The number of carbonyl (C=O) groups excluding carboxylic acids is 1. The molecule has 6 nitrogen and oxygen atoms in total. The van der Waals surface area contributed by atoms with E-state index in [9.17, 15) is 14.7 Å². The van der Waals surface area contributed by atoms with Crippen molar-refractivity contribution < 1.29 is 14.7 Å². The van der Waals surface area contributed by atoms with Crippen molar-refractivity contribution in [2.45, 2.75) is 25.3 Å². The number of imidazole rings is 1. The zero-order valence-corrected chi connectivity index (χ0v) is 14.9. The summed E-state index contributed by atoms with van der Waals surface area (Å²) in [6.45, 7) is 1.09. The summed E-state index contributed by atoms with van der Waals surface area (Å²) in [5, 5.41) is 9.30. The highest BCUT2D eigenvalue weighted by Gasteiger charge is 2.34. The van der Waals surface area contributed by atoms with Gasteiger partial charge in [0.25, 0.3) is 0 Å². The summed E-state index contributed by atoms with van der Waals surface area (Å²) in [5.41, 5.74) is 2.76. The van der Waals surface area contributed by atoms with Crippen molar-refractivity contribution in [1.29, 1.82) is 0 Å². The number of hydrogen-bond acceptors (Lipinski definition) is 3. The van der Waals surface area contributed by atoms with Crippen LogP contribution in [-0.4, -0.2) is 44.5 Å². The predicted molar refractivity (Wildman–Crippen MR) is 101 cm³/mol. The van der Waals surface area contributed by atoms with E-state index in [1.165, 1.54) is 5.56 Å². The summed E-state index contributed by atoms with van der Waals surface area (Å²) in [7, 11) is 0. The smallest absolute Gasteiger partial charge is 0.323 e. The lowest BCUT2D eigenvalue weighted by Crippen LogP contribution is -2.27. The number of rotatable bonds is 6. The van der Waals surface area contributed by atoms with Gasteiger partial charge in [0, 0.05) is 25.4 Å². The van der Waals surface area contributed by atoms with Gasteiger partial charge < -0.3 is 14.6 Å². The minimum Gasteiger partial charge on any atom is -0.480 e. The van der Waals surface area contributed by atoms with Crippen LogP contribution in [0.25, 0.3) is 11.0 Å². The Morgan fingerprint density at radius 1 is 1.11 bits per heavy atom. The van der Waals surface area contributed by atoms with Crippen LogP contribution in [0.2, 0.25) is 0 Å². The third-order valence-corrected chi connectivity index (χ3v) is 5.07. The molecule has 0 radical (unpaired) electrons. The SMILES string of the molecule is O=C(O)Cn1c([C@@H]2CC(=O)N(CCc3ccccc3)C2)nc2ccccc21. The maximum absolute atomic E-state index is 12.5. The van der Waals surface area contributed by atoms with Gasteiger partial charge in [-0.1, -0.05) is 42.5 Å². The molecule has 2 aromatic carbocycles. The molecule has 1 fully saturated rings. The maximum Gasteiger partial charge on any atom is 0.323 e. The van der Waals surface area contributed by atoms with E-state index in [4.69, 9.17) is 0 Å². The van der Waals surface area contributed by atoms with Crippen molar-refractivity contribution in [3.8, 4) is 0 Å². The number of benzene rings is 2. The molecule has 0 bridgehead atoms. The molecule has 1 saturated heterocycles. The molecule has 0 unspecified atom stereocenters. The van der Waals surface area contributed by atoms with Crippen molar-refractivity contribution in [3.63, 3.8) is 0 Å². The number of aliphatic carboxylic acids is 1. The highest BCUT2D eigenvalue weighted by Crippen LogP contribution is 2.30. The molecule has 6 heteroatoms. The van der Waals surface area contributed by atoms with Gasteiger partial charge in [-0.3, -0.25) is 9.59 Å². The van der Waals surface area contributed by atoms with Gasteiger partial charge in [0.1, 0.15) is 12.4 Å². The summed E-state index contributed by atoms with van der Waals surface area (Å²) in [4.78, 5) is 30.4. The molecule has 4 rings (SSSR count). The van der Waals surface area contributed by atoms with Gasteiger partial charge in [-0.2, -0.15) is 0 Å². The van der Waals surface area contributed by atoms with Crippen molar-refractivity contribution in [3.05, 3.63) is 66.0 Å². The van der Waals surface area contributed by atoms with E-state index in [1.54, 1.807) is 4.57 Å². The molecular weight excluding hydrogens is 342 g/mol. The second-order valence-corrected chi connectivity index (χ2v) is 6.92. The number of carboxylic acid groups (broad SMARTS) is 1. The second-order valence-electron chi connectivity index (χ2n) is 6.92. The molecule has 1 aliphatic heterocycles. The van der Waals surface area contributed by atoms with Gasteiger partial charge in [-0.05, 0) is 24.1 Å². The molecule has 1 N–H and O–H groups in total. The summed E-state index contributed by atoms with van der Waals surface area (Å²) in [6.07, 6.45) is 1.18. The van der Waals surface area contributed by atoms with Crippen LogP contribution in [0.4, 0.5) is 0 Å². The summed E-state index contributed by atoms with van der Waals surface area (Å²) in [5.74, 6) is -0.205. The number of carbonyl (C=O) groups is 2. The van der Waals surface area contributed by atoms with Crippen LogP contribution >= 0.6 is 0 Å². The van der Waals surface area contributed by atoms with Gasteiger partial charge >= 0.3 is 5.97 Å². The van der Waals surface area contributed by atoms with Crippen molar-refractivity contribution >= 4 is 22.9 Å². The van der Waals surface area contributed by atoms with Crippen LogP contribution in [0.15, 0.2) is 54.6 Å². The lowest BCUT2D eigenvalue weighted by Gasteiger charge is -2.17. The molecule has 1 amide bonds. The molecule has 1 atom stereocenters. The summed E-state index contributed by atoms with van der Waals surface area (Å²) >= 11 is 0. The van der Waals surface area contributed by atoms with Crippen LogP contribution in [0.3, 0.4) is 0 Å². The molecule has 27 heavy (non-hydrogen) atoms. The van der Waals surface area contributed by atoms with Gasteiger partial charge in [0.2, 0.25) is 5.91 Å². The van der Waals surface area contributed by atoms with E-state index in [0.29, 0.717) is 25.3 Å². The van der Waals surface area contributed by atoms with Gasteiger partial charge in [-0.15, -0.1) is 0 Å². The van der Waals surface area contributed by atoms with Crippen molar-refractivity contribution in [2.75, 3.05) is 13.1 Å². The van der Waals surface area contributed by atoms with E-state index in [1.807, 2.05) is 47.4 Å². The molecule has 0 spiro atoms. The Hall–Kier alpha value is -3.15. The number of amides is 1. The average molecular weight is 363 g/mol. The third-order valence-electron chi connectivity index (χ3n) is 5.07. The Bertz CT molecular complexity index is 981. The number of hydrogen-bond donors (Lipinski definition) is 1. The molecule has 2 heterocycles. The van der Waals surface area contributed by atoms with Crippen molar-refractivity contribution in [1.82, 2.24) is 14.5 Å².